The summed E-state index contributed by atoms with van der Waals surface area (Å²) < 4.78 is 4.28. The summed E-state index contributed by atoms with van der Waals surface area (Å²) in [5.74, 6) is -0.257. The molecule has 0 spiro atoms. The third-order valence-electron chi connectivity index (χ3n) is 8.56. The number of unbranched alkanes of at least 4 members (excludes halogenated alkanes) is 1. The van der Waals surface area contributed by atoms with Gasteiger partial charge in [-0.15, -0.1) is 0 Å². The first-order valence-electron chi connectivity index (χ1n) is 15.2. The number of primary amides is 1. The molecular weight excluding hydrogens is 566 g/mol. The third kappa shape index (κ3) is 5.80. The number of fused-ring (bicyclic) bond motifs is 3. The molecule has 228 valence electrons. The molecule has 0 saturated heterocycles. The molecule has 1 atom stereocenters. The number of rotatable bonds is 12. The molecule has 0 fully saturated rings. The zero-order valence-electron chi connectivity index (χ0n) is 24.8. The molecule has 3 aromatic heterocycles. The van der Waals surface area contributed by atoms with E-state index in [1.54, 1.807) is 18.2 Å². The molecule has 2 amide bonds. The quantitative estimate of drug-likeness (QED) is 0.128. The van der Waals surface area contributed by atoms with Crippen LogP contribution in [0.4, 0.5) is 0 Å². The Balaban J connectivity index is 1.06. The fourth-order valence-electron chi connectivity index (χ4n) is 6.39. The number of amides is 2. The molecule has 6 N–H and O–H groups in total. The van der Waals surface area contributed by atoms with Gasteiger partial charge < -0.3 is 35.6 Å². The van der Waals surface area contributed by atoms with E-state index in [1.807, 2.05) is 24.5 Å². The number of nitrogens with zero attached hydrogens (tertiary/aromatic N) is 3. The van der Waals surface area contributed by atoms with Crippen LogP contribution in [0.5, 0.6) is 5.75 Å². The number of carbonyl (C=O) groups is 2. The number of hydrogen-bond donors (Lipinski definition) is 5. The number of phenols is 1. The standard InChI is InChI=1S/C35H35N7O3/c36-32(44)7-3-4-13-41-19-24(38-21-41)20-42-14-12-23-9-8-22(15-31(23)42)17-37-18-30-33(27-5-1-2-6-29(27)39-30)34-28-16-25(43)10-11-26(28)35(45)40-34/h1-2,5-6,8-12,14-16,19,21,34,37,39,43H,3-4,7,13,17-18,20H2,(H2,36,44)(H,40,45). The van der Waals surface area contributed by atoms with Gasteiger partial charge in [0.05, 0.1) is 24.6 Å². The van der Waals surface area contributed by atoms with E-state index >= 15 is 0 Å². The monoisotopic (exact) mass is 601 g/mol. The molecule has 0 aliphatic carbocycles. The van der Waals surface area contributed by atoms with Crippen molar-refractivity contribution in [2.75, 3.05) is 0 Å². The van der Waals surface area contributed by atoms with Crippen molar-refractivity contribution in [2.24, 2.45) is 5.73 Å². The highest BCUT2D eigenvalue weighted by Crippen LogP contribution is 2.38. The lowest BCUT2D eigenvalue weighted by molar-refractivity contribution is -0.118. The van der Waals surface area contributed by atoms with Gasteiger partial charge in [0, 0.05) is 71.7 Å². The van der Waals surface area contributed by atoms with Gasteiger partial charge in [-0.2, -0.15) is 0 Å². The van der Waals surface area contributed by atoms with E-state index in [2.05, 4.69) is 72.5 Å². The molecule has 3 aromatic carbocycles. The summed E-state index contributed by atoms with van der Waals surface area (Å²) in [7, 11) is 0. The first kappa shape index (κ1) is 28.4. The van der Waals surface area contributed by atoms with Crippen LogP contribution < -0.4 is 16.4 Å². The fraction of sp³-hybridized carbons (Fsp3) is 0.229. The number of aromatic hydroxyl groups is 1. The lowest BCUT2D eigenvalue weighted by atomic mass is 9.95. The summed E-state index contributed by atoms with van der Waals surface area (Å²) in [6.45, 7) is 2.70. The predicted octanol–water partition coefficient (Wildman–Crippen LogP) is 4.85. The maximum atomic E-state index is 12.8. The van der Waals surface area contributed by atoms with Gasteiger partial charge in [-0.25, -0.2) is 4.98 Å². The predicted molar refractivity (Wildman–Crippen MR) is 173 cm³/mol. The minimum atomic E-state index is -0.356. The second-order valence-electron chi connectivity index (χ2n) is 11.7. The minimum absolute atomic E-state index is 0.137. The van der Waals surface area contributed by atoms with Gasteiger partial charge in [0.2, 0.25) is 5.91 Å². The summed E-state index contributed by atoms with van der Waals surface area (Å²) in [5, 5.41) is 19.1. The molecular formula is C35H35N7O3. The van der Waals surface area contributed by atoms with E-state index in [1.165, 1.54) is 5.39 Å². The topological polar surface area (TPSA) is 143 Å². The highest BCUT2D eigenvalue weighted by atomic mass is 16.3. The number of hydrogen-bond acceptors (Lipinski definition) is 5. The summed E-state index contributed by atoms with van der Waals surface area (Å²) in [6.07, 6.45) is 8.07. The molecule has 6 aromatic rings. The van der Waals surface area contributed by atoms with Crippen molar-refractivity contribution < 1.29 is 14.7 Å². The molecule has 0 saturated carbocycles. The summed E-state index contributed by atoms with van der Waals surface area (Å²) >= 11 is 0. The zero-order valence-corrected chi connectivity index (χ0v) is 24.8. The summed E-state index contributed by atoms with van der Waals surface area (Å²) in [4.78, 5) is 31.9. The van der Waals surface area contributed by atoms with Crippen LogP contribution in [0.1, 0.15) is 63.7 Å². The number of benzene rings is 3. The van der Waals surface area contributed by atoms with Crippen LogP contribution in [-0.2, 0) is 31.0 Å². The van der Waals surface area contributed by atoms with Crippen LogP contribution >= 0.6 is 0 Å². The molecule has 0 bridgehead atoms. The molecule has 1 aliphatic rings. The zero-order chi connectivity index (χ0) is 30.9. The van der Waals surface area contributed by atoms with E-state index < -0.39 is 0 Å². The van der Waals surface area contributed by atoms with E-state index in [4.69, 9.17) is 5.73 Å². The fourth-order valence-corrected chi connectivity index (χ4v) is 6.39. The average Bonchev–Trinajstić information content (AvgIpc) is 3.80. The molecule has 7 rings (SSSR count). The molecule has 1 unspecified atom stereocenters. The van der Waals surface area contributed by atoms with Crippen molar-refractivity contribution in [3.63, 3.8) is 0 Å². The Morgan fingerprint density at radius 2 is 1.93 bits per heavy atom. The Morgan fingerprint density at radius 3 is 2.82 bits per heavy atom. The van der Waals surface area contributed by atoms with E-state index in [9.17, 15) is 14.7 Å². The van der Waals surface area contributed by atoms with Gasteiger partial charge in [-0.05, 0) is 65.8 Å². The third-order valence-corrected chi connectivity index (χ3v) is 8.56. The maximum Gasteiger partial charge on any atom is 0.252 e. The maximum absolute atomic E-state index is 12.8. The number of carbonyl (C=O) groups excluding carboxylic acids is 2. The number of nitrogens with one attached hydrogen (secondary N) is 3. The number of imidazole rings is 1. The Morgan fingerprint density at radius 1 is 1.04 bits per heavy atom. The van der Waals surface area contributed by atoms with Crippen molar-refractivity contribution in [1.29, 1.82) is 0 Å². The van der Waals surface area contributed by atoms with Crippen LogP contribution in [0.3, 0.4) is 0 Å². The molecule has 1 aliphatic heterocycles. The number of aromatic amines is 1. The van der Waals surface area contributed by atoms with Crippen LogP contribution in [0.15, 0.2) is 85.5 Å². The number of para-hydroxylation sites is 1. The van der Waals surface area contributed by atoms with Crippen molar-refractivity contribution in [3.8, 4) is 5.75 Å². The molecule has 45 heavy (non-hydrogen) atoms. The summed E-state index contributed by atoms with van der Waals surface area (Å²) in [5.41, 5.74) is 12.9. The van der Waals surface area contributed by atoms with Crippen LogP contribution in [0, 0.1) is 0 Å². The molecule has 10 heteroatoms. The molecule has 0 radical (unpaired) electrons. The highest BCUT2D eigenvalue weighted by Gasteiger charge is 2.33. The van der Waals surface area contributed by atoms with E-state index in [0.717, 1.165) is 63.9 Å². The minimum Gasteiger partial charge on any atom is -0.508 e. The highest BCUT2D eigenvalue weighted by molar-refractivity contribution is 6.01. The van der Waals surface area contributed by atoms with Crippen LogP contribution in [0.25, 0.3) is 21.8 Å². The number of aryl methyl sites for hydroxylation is 1. The van der Waals surface area contributed by atoms with Crippen molar-refractivity contribution in [1.82, 2.24) is 29.7 Å². The van der Waals surface area contributed by atoms with E-state index in [0.29, 0.717) is 31.6 Å². The number of H-pyrrole nitrogens is 1. The first-order valence-corrected chi connectivity index (χ1v) is 15.2. The lowest BCUT2D eigenvalue weighted by Gasteiger charge is -2.15. The summed E-state index contributed by atoms with van der Waals surface area (Å²) in [6, 6.07) is 21.3. The van der Waals surface area contributed by atoms with Gasteiger partial charge in [0.25, 0.3) is 5.91 Å². The van der Waals surface area contributed by atoms with Crippen molar-refractivity contribution in [2.45, 2.75) is 51.5 Å². The Hall–Kier alpha value is -5.35. The molecule has 10 nitrogen and oxygen atoms in total. The second kappa shape index (κ2) is 12.0. The van der Waals surface area contributed by atoms with Gasteiger partial charge >= 0.3 is 0 Å². The number of nitrogens with two attached hydrogens (primary N) is 1. The Bertz CT molecular complexity index is 2040. The Labute approximate surface area is 259 Å². The van der Waals surface area contributed by atoms with Gasteiger partial charge in [0.1, 0.15) is 5.75 Å². The SMILES string of the molecule is NC(=O)CCCCn1cnc(Cn2ccc3ccc(CNCc4[nH]c5ccccc5c4C4NC(=O)c5ccc(O)cc54)cc32)c1. The van der Waals surface area contributed by atoms with Crippen molar-refractivity contribution in [3.05, 3.63) is 119 Å². The van der Waals surface area contributed by atoms with Gasteiger partial charge in [-0.1, -0.05) is 30.3 Å². The van der Waals surface area contributed by atoms with Gasteiger partial charge in [0.15, 0.2) is 0 Å². The largest absolute Gasteiger partial charge is 0.508 e. The van der Waals surface area contributed by atoms with E-state index in [-0.39, 0.29) is 23.6 Å². The lowest BCUT2D eigenvalue weighted by Crippen LogP contribution is -2.22. The normalized spacial score (nSPS) is 14.3. The van der Waals surface area contributed by atoms with Crippen LogP contribution in [0.2, 0.25) is 0 Å². The van der Waals surface area contributed by atoms with Gasteiger partial charge in [-0.3, -0.25) is 9.59 Å². The second-order valence-corrected chi connectivity index (χ2v) is 11.7. The smallest absolute Gasteiger partial charge is 0.252 e. The molecule has 4 heterocycles. The average molecular weight is 602 g/mol. The number of phenolic OH excluding ortho intramolecular Hbond substituents is 1. The number of aromatic nitrogens is 4. The van der Waals surface area contributed by atoms with Crippen molar-refractivity contribution >= 4 is 33.6 Å². The van der Waals surface area contributed by atoms with Crippen LogP contribution in [-0.4, -0.2) is 36.0 Å². The Kier molecular flexibility index (Phi) is 7.56. The first-order chi connectivity index (χ1) is 21.9.